The second-order valence-corrected chi connectivity index (χ2v) is 4.26. The predicted molar refractivity (Wildman–Crippen MR) is 69.0 cm³/mol. The van der Waals surface area contributed by atoms with Crippen molar-refractivity contribution in [3.63, 3.8) is 0 Å². The van der Waals surface area contributed by atoms with E-state index in [0.29, 0.717) is 11.3 Å². The van der Waals surface area contributed by atoms with Crippen molar-refractivity contribution in [3.8, 4) is 11.5 Å². The SMILES string of the molecule is Cc1cccc(OCc2cc(C)c(O)c(=O)[nH]2)c1. The van der Waals surface area contributed by atoms with Crippen LogP contribution in [-0.2, 0) is 6.61 Å². The second kappa shape index (κ2) is 4.96. The lowest BCUT2D eigenvalue weighted by molar-refractivity contribution is 0.300. The van der Waals surface area contributed by atoms with Crippen LogP contribution in [0.5, 0.6) is 11.5 Å². The van der Waals surface area contributed by atoms with E-state index in [0.717, 1.165) is 11.3 Å². The molecule has 2 aromatic rings. The molecule has 0 unspecified atom stereocenters. The Kier molecular flexibility index (Phi) is 3.37. The first kappa shape index (κ1) is 12.2. The fourth-order valence-electron chi connectivity index (χ4n) is 1.69. The minimum absolute atomic E-state index is 0.241. The molecule has 1 heterocycles. The molecule has 1 aromatic carbocycles. The Bertz CT molecular complexity index is 617. The molecule has 4 heteroatoms. The molecular weight excluding hydrogens is 230 g/mol. The summed E-state index contributed by atoms with van der Waals surface area (Å²) in [7, 11) is 0. The Balaban J connectivity index is 2.14. The van der Waals surface area contributed by atoms with Gasteiger partial charge in [0.1, 0.15) is 12.4 Å². The summed E-state index contributed by atoms with van der Waals surface area (Å²) in [5.74, 6) is 0.510. The van der Waals surface area contributed by atoms with Crippen molar-refractivity contribution in [2.24, 2.45) is 0 Å². The number of ether oxygens (including phenoxy) is 1. The van der Waals surface area contributed by atoms with E-state index in [-0.39, 0.29) is 12.4 Å². The van der Waals surface area contributed by atoms with E-state index < -0.39 is 5.56 Å². The van der Waals surface area contributed by atoms with Crippen molar-refractivity contribution in [3.05, 3.63) is 57.5 Å². The van der Waals surface area contributed by atoms with Gasteiger partial charge in [0.15, 0.2) is 5.75 Å². The lowest BCUT2D eigenvalue weighted by atomic mass is 10.2. The lowest BCUT2D eigenvalue weighted by Gasteiger charge is -2.08. The molecule has 0 aliphatic rings. The standard InChI is InChI=1S/C14H15NO3/c1-9-4-3-5-12(6-9)18-8-11-7-10(2)13(16)14(17)15-11/h3-7,16H,8H2,1-2H3,(H,15,17). The van der Waals surface area contributed by atoms with Crippen LogP contribution in [0.4, 0.5) is 0 Å². The number of hydrogen-bond donors (Lipinski definition) is 2. The third-order valence-corrected chi connectivity index (χ3v) is 2.64. The van der Waals surface area contributed by atoms with Crippen molar-refractivity contribution >= 4 is 0 Å². The van der Waals surface area contributed by atoms with Crippen molar-refractivity contribution < 1.29 is 9.84 Å². The highest BCUT2D eigenvalue weighted by Crippen LogP contribution is 2.15. The quantitative estimate of drug-likeness (QED) is 0.872. The molecule has 0 saturated heterocycles. The maximum absolute atomic E-state index is 11.4. The highest BCUT2D eigenvalue weighted by Gasteiger charge is 2.04. The summed E-state index contributed by atoms with van der Waals surface area (Å²) in [5.41, 5.74) is 1.80. The van der Waals surface area contributed by atoms with E-state index in [1.165, 1.54) is 0 Å². The molecule has 18 heavy (non-hydrogen) atoms. The normalized spacial score (nSPS) is 10.3. The maximum Gasteiger partial charge on any atom is 0.290 e. The molecule has 94 valence electrons. The molecule has 0 bridgehead atoms. The van der Waals surface area contributed by atoms with Gasteiger partial charge >= 0.3 is 0 Å². The maximum atomic E-state index is 11.4. The predicted octanol–water partition coefficient (Wildman–Crippen LogP) is 2.28. The summed E-state index contributed by atoms with van der Waals surface area (Å²) >= 11 is 0. The smallest absolute Gasteiger partial charge is 0.290 e. The fraction of sp³-hybridized carbons (Fsp3) is 0.214. The number of pyridine rings is 1. The van der Waals surface area contributed by atoms with E-state index >= 15 is 0 Å². The zero-order chi connectivity index (χ0) is 13.1. The molecule has 0 atom stereocenters. The second-order valence-electron chi connectivity index (χ2n) is 4.26. The van der Waals surface area contributed by atoms with Gasteiger partial charge in [-0.05, 0) is 43.2 Å². The first-order valence-corrected chi connectivity index (χ1v) is 5.67. The first-order chi connectivity index (χ1) is 8.56. The van der Waals surface area contributed by atoms with Gasteiger partial charge in [-0.25, -0.2) is 0 Å². The molecule has 0 amide bonds. The average molecular weight is 245 g/mol. The summed E-state index contributed by atoms with van der Waals surface area (Å²) < 4.78 is 5.57. The fourth-order valence-corrected chi connectivity index (χ4v) is 1.69. The first-order valence-electron chi connectivity index (χ1n) is 5.67. The van der Waals surface area contributed by atoms with Gasteiger partial charge < -0.3 is 14.8 Å². The summed E-state index contributed by atoms with van der Waals surface area (Å²) in [6.07, 6.45) is 0. The Labute approximate surface area is 105 Å². The Hall–Kier alpha value is -2.23. The van der Waals surface area contributed by atoms with E-state index in [9.17, 15) is 9.90 Å². The van der Waals surface area contributed by atoms with Crippen LogP contribution in [0.2, 0.25) is 0 Å². The molecular formula is C14H15NO3. The monoisotopic (exact) mass is 245 g/mol. The number of aromatic nitrogens is 1. The van der Waals surface area contributed by atoms with Gasteiger partial charge in [0.2, 0.25) is 0 Å². The van der Waals surface area contributed by atoms with Gasteiger partial charge in [-0.2, -0.15) is 0 Å². The van der Waals surface area contributed by atoms with E-state index in [1.54, 1.807) is 13.0 Å². The number of aryl methyl sites for hydroxylation is 2. The van der Waals surface area contributed by atoms with Crippen LogP contribution in [0.3, 0.4) is 0 Å². The summed E-state index contributed by atoms with van der Waals surface area (Å²) in [6, 6.07) is 9.38. The van der Waals surface area contributed by atoms with Gasteiger partial charge in [-0.1, -0.05) is 12.1 Å². The van der Waals surface area contributed by atoms with E-state index in [4.69, 9.17) is 4.74 Å². The van der Waals surface area contributed by atoms with Crippen molar-refractivity contribution in [1.29, 1.82) is 0 Å². The number of aromatic hydroxyl groups is 1. The zero-order valence-electron chi connectivity index (χ0n) is 10.4. The number of nitrogens with one attached hydrogen (secondary N) is 1. The molecule has 0 spiro atoms. The molecule has 0 radical (unpaired) electrons. The summed E-state index contributed by atoms with van der Waals surface area (Å²) in [6.45, 7) is 3.93. The number of hydrogen-bond acceptors (Lipinski definition) is 3. The van der Waals surface area contributed by atoms with Gasteiger partial charge in [0.25, 0.3) is 5.56 Å². The number of H-pyrrole nitrogens is 1. The van der Waals surface area contributed by atoms with Crippen LogP contribution in [-0.4, -0.2) is 10.1 Å². The summed E-state index contributed by atoms with van der Waals surface area (Å²) in [5, 5.41) is 9.37. The van der Waals surface area contributed by atoms with Crippen molar-refractivity contribution in [1.82, 2.24) is 4.98 Å². The topological polar surface area (TPSA) is 62.3 Å². The third kappa shape index (κ3) is 2.71. The Morgan fingerprint density at radius 2 is 2.06 bits per heavy atom. The van der Waals surface area contributed by atoms with Crippen molar-refractivity contribution in [2.45, 2.75) is 20.5 Å². The molecule has 0 aliphatic heterocycles. The van der Waals surface area contributed by atoms with Crippen LogP contribution < -0.4 is 10.3 Å². The van der Waals surface area contributed by atoms with Gasteiger partial charge in [0, 0.05) is 0 Å². The van der Waals surface area contributed by atoms with Gasteiger partial charge in [0.05, 0.1) is 5.69 Å². The average Bonchev–Trinajstić information content (AvgIpc) is 2.33. The van der Waals surface area contributed by atoms with Crippen LogP contribution in [0.15, 0.2) is 35.1 Å². The highest BCUT2D eigenvalue weighted by molar-refractivity contribution is 5.30. The molecule has 0 aliphatic carbocycles. The number of aromatic amines is 1. The lowest BCUT2D eigenvalue weighted by Crippen LogP contribution is -2.11. The van der Waals surface area contributed by atoms with Crippen LogP contribution >= 0.6 is 0 Å². The molecule has 0 fully saturated rings. The van der Waals surface area contributed by atoms with Gasteiger partial charge in [-0.3, -0.25) is 4.79 Å². The van der Waals surface area contributed by atoms with E-state index in [1.807, 2.05) is 31.2 Å². The molecule has 0 saturated carbocycles. The van der Waals surface area contributed by atoms with Gasteiger partial charge in [-0.15, -0.1) is 0 Å². The summed E-state index contributed by atoms with van der Waals surface area (Å²) in [4.78, 5) is 13.9. The Morgan fingerprint density at radius 3 is 2.72 bits per heavy atom. The largest absolute Gasteiger partial charge is 0.503 e. The zero-order valence-corrected chi connectivity index (χ0v) is 10.4. The minimum atomic E-state index is -0.488. The van der Waals surface area contributed by atoms with Crippen LogP contribution in [0.25, 0.3) is 0 Å². The third-order valence-electron chi connectivity index (χ3n) is 2.64. The minimum Gasteiger partial charge on any atom is -0.503 e. The van der Waals surface area contributed by atoms with E-state index in [2.05, 4.69) is 4.98 Å². The number of rotatable bonds is 3. The Morgan fingerprint density at radius 1 is 1.28 bits per heavy atom. The molecule has 1 aromatic heterocycles. The van der Waals surface area contributed by atoms with Crippen LogP contribution in [0, 0.1) is 13.8 Å². The van der Waals surface area contributed by atoms with Crippen molar-refractivity contribution in [2.75, 3.05) is 0 Å². The molecule has 2 rings (SSSR count). The molecule has 4 nitrogen and oxygen atoms in total. The highest BCUT2D eigenvalue weighted by atomic mass is 16.5. The number of benzene rings is 1. The molecule has 2 N–H and O–H groups in total. The van der Waals surface area contributed by atoms with Crippen LogP contribution in [0.1, 0.15) is 16.8 Å².